The fourth-order valence-electron chi connectivity index (χ4n) is 2.80. The van der Waals surface area contributed by atoms with Crippen LogP contribution in [0.2, 0.25) is 0 Å². The Morgan fingerprint density at radius 2 is 1.77 bits per heavy atom. The smallest absolute Gasteiger partial charge is 0.247 e. The zero-order valence-electron chi connectivity index (χ0n) is 12.9. The van der Waals surface area contributed by atoms with Crippen molar-refractivity contribution in [3.8, 4) is 11.5 Å². The Labute approximate surface area is 131 Å². The summed E-state index contributed by atoms with van der Waals surface area (Å²) in [5.74, 6) is 0.413. The van der Waals surface area contributed by atoms with Crippen LogP contribution in [0.5, 0.6) is 11.5 Å². The van der Waals surface area contributed by atoms with Gasteiger partial charge in [0, 0.05) is 6.54 Å². The standard InChI is InChI=1S/C15H23NO5S/c1-20-13-8-5-9-14(21-2)15(13)22(18,19)16-10-11-6-3-4-7-12(11)17/h5,8-9,11-12,16-17H,3-4,6-7,10H2,1-2H3/t11-,12+/m1/s1. The van der Waals surface area contributed by atoms with Crippen molar-refractivity contribution in [3.05, 3.63) is 18.2 Å². The minimum absolute atomic E-state index is 0.00898. The van der Waals surface area contributed by atoms with Crippen molar-refractivity contribution in [1.82, 2.24) is 4.72 Å². The van der Waals surface area contributed by atoms with Crippen LogP contribution in [-0.2, 0) is 10.0 Å². The average Bonchev–Trinajstić information content (AvgIpc) is 2.53. The molecule has 0 aromatic heterocycles. The highest BCUT2D eigenvalue weighted by Gasteiger charge is 2.28. The number of methoxy groups -OCH3 is 2. The van der Waals surface area contributed by atoms with Crippen LogP contribution in [0, 0.1) is 5.92 Å². The largest absolute Gasteiger partial charge is 0.495 e. The third-order valence-electron chi connectivity index (χ3n) is 4.06. The van der Waals surface area contributed by atoms with E-state index in [4.69, 9.17) is 9.47 Å². The first-order chi connectivity index (χ1) is 10.5. The Balaban J connectivity index is 2.20. The number of aliphatic hydroxyl groups excluding tert-OH is 1. The molecule has 1 aromatic rings. The first-order valence-corrected chi connectivity index (χ1v) is 8.86. The summed E-state index contributed by atoms with van der Waals surface area (Å²) in [5.41, 5.74) is 0. The second-order valence-electron chi connectivity index (χ2n) is 5.46. The monoisotopic (exact) mass is 329 g/mol. The molecule has 0 spiro atoms. The summed E-state index contributed by atoms with van der Waals surface area (Å²) in [6.07, 6.45) is 3.11. The number of nitrogens with one attached hydrogen (secondary N) is 1. The van der Waals surface area contributed by atoms with E-state index in [-0.39, 0.29) is 28.9 Å². The third kappa shape index (κ3) is 3.71. The van der Waals surface area contributed by atoms with E-state index in [2.05, 4.69) is 4.72 Å². The van der Waals surface area contributed by atoms with Gasteiger partial charge in [0.2, 0.25) is 10.0 Å². The Bertz CT molecular complexity index is 580. The maximum Gasteiger partial charge on any atom is 0.247 e. The van der Waals surface area contributed by atoms with Gasteiger partial charge in [0.15, 0.2) is 4.90 Å². The first-order valence-electron chi connectivity index (χ1n) is 7.38. The summed E-state index contributed by atoms with van der Waals surface area (Å²) < 4.78 is 38.0. The van der Waals surface area contributed by atoms with Crippen LogP contribution in [0.25, 0.3) is 0 Å². The molecule has 2 rings (SSSR count). The molecule has 22 heavy (non-hydrogen) atoms. The van der Waals surface area contributed by atoms with Crippen molar-refractivity contribution < 1.29 is 23.0 Å². The minimum Gasteiger partial charge on any atom is -0.495 e. The maximum absolute atomic E-state index is 12.6. The van der Waals surface area contributed by atoms with Crippen LogP contribution in [-0.4, -0.2) is 40.4 Å². The highest BCUT2D eigenvalue weighted by atomic mass is 32.2. The minimum atomic E-state index is -3.78. The van der Waals surface area contributed by atoms with Crippen molar-refractivity contribution in [2.45, 2.75) is 36.7 Å². The second kappa shape index (κ2) is 7.30. The summed E-state index contributed by atoms with van der Waals surface area (Å²) in [7, 11) is -0.949. The van der Waals surface area contributed by atoms with E-state index >= 15 is 0 Å². The quantitative estimate of drug-likeness (QED) is 0.827. The molecule has 1 aromatic carbocycles. The summed E-state index contributed by atoms with van der Waals surface area (Å²) in [6.45, 7) is 0.213. The van der Waals surface area contributed by atoms with E-state index in [0.29, 0.717) is 0 Å². The van der Waals surface area contributed by atoms with E-state index < -0.39 is 16.1 Å². The van der Waals surface area contributed by atoms with Gasteiger partial charge in [0.1, 0.15) is 11.5 Å². The van der Waals surface area contributed by atoms with E-state index in [1.807, 2.05) is 0 Å². The van der Waals surface area contributed by atoms with E-state index in [1.54, 1.807) is 18.2 Å². The number of ether oxygens (including phenoxy) is 2. The highest BCUT2D eigenvalue weighted by Crippen LogP contribution is 2.33. The molecule has 0 unspecified atom stereocenters. The summed E-state index contributed by atoms with van der Waals surface area (Å²) in [5, 5.41) is 9.95. The summed E-state index contributed by atoms with van der Waals surface area (Å²) in [4.78, 5) is -0.00898. The molecule has 7 heteroatoms. The number of hydrogen-bond donors (Lipinski definition) is 2. The predicted molar refractivity (Wildman–Crippen MR) is 82.7 cm³/mol. The lowest BCUT2D eigenvalue weighted by molar-refractivity contribution is 0.0724. The van der Waals surface area contributed by atoms with Gasteiger partial charge in [-0.2, -0.15) is 0 Å². The molecule has 1 aliphatic carbocycles. The zero-order chi connectivity index (χ0) is 16.2. The molecular formula is C15H23NO5S. The zero-order valence-corrected chi connectivity index (χ0v) is 13.7. The highest BCUT2D eigenvalue weighted by molar-refractivity contribution is 7.89. The lowest BCUT2D eigenvalue weighted by atomic mass is 9.87. The van der Waals surface area contributed by atoms with Gasteiger partial charge in [-0.25, -0.2) is 13.1 Å². The normalized spacial score (nSPS) is 22.3. The Morgan fingerprint density at radius 3 is 2.32 bits per heavy atom. The Morgan fingerprint density at radius 1 is 1.18 bits per heavy atom. The van der Waals surface area contributed by atoms with Crippen LogP contribution in [0.1, 0.15) is 25.7 Å². The molecule has 0 heterocycles. The van der Waals surface area contributed by atoms with Gasteiger partial charge < -0.3 is 14.6 Å². The van der Waals surface area contributed by atoms with E-state index in [0.717, 1.165) is 25.7 Å². The summed E-state index contributed by atoms with van der Waals surface area (Å²) >= 11 is 0. The van der Waals surface area contributed by atoms with Crippen molar-refractivity contribution >= 4 is 10.0 Å². The van der Waals surface area contributed by atoms with Crippen LogP contribution in [0.15, 0.2) is 23.1 Å². The predicted octanol–water partition coefficient (Wildman–Crippen LogP) is 1.53. The van der Waals surface area contributed by atoms with Gasteiger partial charge in [0.25, 0.3) is 0 Å². The van der Waals surface area contributed by atoms with Gasteiger partial charge in [-0.15, -0.1) is 0 Å². The van der Waals surface area contributed by atoms with Gasteiger partial charge >= 0.3 is 0 Å². The number of benzene rings is 1. The summed E-state index contributed by atoms with van der Waals surface area (Å²) in [6, 6.07) is 4.82. The van der Waals surface area contributed by atoms with Gasteiger partial charge in [-0.05, 0) is 30.9 Å². The fourth-order valence-corrected chi connectivity index (χ4v) is 4.21. The second-order valence-corrected chi connectivity index (χ2v) is 7.16. The molecule has 6 nitrogen and oxygen atoms in total. The van der Waals surface area contributed by atoms with Crippen LogP contribution in [0.4, 0.5) is 0 Å². The topological polar surface area (TPSA) is 84.9 Å². The third-order valence-corrected chi connectivity index (χ3v) is 5.54. The lowest BCUT2D eigenvalue weighted by Crippen LogP contribution is -2.36. The molecule has 0 radical (unpaired) electrons. The molecule has 1 fully saturated rings. The van der Waals surface area contributed by atoms with Gasteiger partial charge in [-0.3, -0.25) is 0 Å². The maximum atomic E-state index is 12.6. The molecule has 124 valence electrons. The Hall–Kier alpha value is -1.31. The van der Waals surface area contributed by atoms with Crippen LogP contribution in [0.3, 0.4) is 0 Å². The molecular weight excluding hydrogens is 306 g/mol. The molecule has 0 amide bonds. The fraction of sp³-hybridized carbons (Fsp3) is 0.600. The molecule has 1 saturated carbocycles. The molecule has 0 saturated heterocycles. The molecule has 2 N–H and O–H groups in total. The molecule has 1 aliphatic rings. The molecule has 0 aliphatic heterocycles. The van der Waals surface area contributed by atoms with Gasteiger partial charge in [0.05, 0.1) is 20.3 Å². The van der Waals surface area contributed by atoms with Crippen molar-refractivity contribution in [1.29, 1.82) is 0 Å². The first kappa shape index (κ1) is 17.1. The van der Waals surface area contributed by atoms with E-state index in [1.165, 1.54) is 14.2 Å². The number of rotatable bonds is 6. The SMILES string of the molecule is COc1cccc(OC)c1S(=O)(=O)NC[C@H]1CCCC[C@@H]1O. The molecule has 2 atom stereocenters. The van der Waals surface area contributed by atoms with Gasteiger partial charge in [-0.1, -0.05) is 18.9 Å². The number of hydrogen-bond acceptors (Lipinski definition) is 5. The van der Waals surface area contributed by atoms with E-state index in [9.17, 15) is 13.5 Å². The number of sulfonamides is 1. The van der Waals surface area contributed by atoms with Crippen LogP contribution >= 0.6 is 0 Å². The number of aliphatic hydroxyl groups is 1. The molecule has 0 bridgehead atoms. The van der Waals surface area contributed by atoms with Crippen molar-refractivity contribution in [2.75, 3.05) is 20.8 Å². The van der Waals surface area contributed by atoms with Crippen molar-refractivity contribution in [2.24, 2.45) is 5.92 Å². The lowest BCUT2D eigenvalue weighted by Gasteiger charge is -2.27. The average molecular weight is 329 g/mol. The Kier molecular flexibility index (Phi) is 5.66. The van der Waals surface area contributed by atoms with Crippen LogP contribution < -0.4 is 14.2 Å². The van der Waals surface area contributed by atoms with Crippen molar-refractivity contribution in [3.63, 3.8) is 0 Å².